The molecule has 0 bridgehead atoms. The molecule has 31 heavy (non-hydrogen) atoms. The predicted octanol–water partition coefficient (Wildman–Crippen LogP) is 4.37. The molecule has 0 spiro atoms. The third-order valence-corrected chi connectivity index (χ3v) is 7.60. The molecule has 1 aromatic heterocycles. The van der Waals surface area contributed by atoms with Crippen LogP contribution in [0.25, 0.3) is 10.9 Å². The van der Waals surface area contributed by atoms with Gasteiger partial charge in [-0.25, -0.2) is 8.42 Å². The van der Waals surface area contributed by atoms with Gasteiger partial charge in [-0.1, -0.05) is 31.0 Å². The van der Waals surface area contributed by atoms with Gasteiger partial charge >= 0.3 is 0 Å². The normalized spacial score (nSPS) is 15.5. The maximum atomic E-state index is 12.9. The number of hydrogen-bond donors (Lipinski definition) is 1. The fourth-order valence-corrected chi connectivity index (χ4v) is 5.46. The van der Waals surface area contributed by atoms with E-state index >= 15 is 0 Å². The predicted molar refractivity (Wildman–Crippen MR) is 122 cm³/mol. The molecule has 1 N–H and O–H groups in total. The van der Waals surface area contributed by atoms with Crippen molar-refractivity contribution in [3.63, 3.8) is 0 Å². The van der Waals surface area contributed by atoms with Crippen molar-refractivity contribution in [2.24, 2.45) is 0 Å². The van der Waals surface area contributed by atoms with Crippen molar-refractivity contribution < 1.29 is 13.2 Å². The second-order valence-electron chi connectivity index (χ2n) is 7.89. The molecule has 1 aliphatic heterocycles. The summed E-state index contributed by atoms with van der Waals surface area (Å²) in [6.07, 6.45) is 6.58. The molecule has 0 radical (unpaired) electrons. The molecule has 2 heterocycles. The summed E-state index contributed by atoms with van der Waals surface area (Å²) in [6, 6.07) is 16.3. The Labute approximate surface area is 183 Å². The second-order valence-corrected chi connectivity index (χ2v) is 9.82. The molecule has 1 aliphatic rings. The van der Waals surface area contributed by atoms with Crippen LogP contribution in [-0.4, -0.2) is 36.7 Å². The standard InChI is InChI=1S/C24H27N3O3S/c28-24(26-23-9-5-8-22-21(23)7-6-16-25-22)15-12-19-10-13-20(14-11-19)31(29,30)27-17-3-1-2-4-18-27/h5-11,13-14,16H,1-4,12,15,17-18H2,(H,26,28). The maximum Gasteiger partial charge on any atom is 0.243 e. The fourth-order valence-electron chi connectivity index (χ4n) is 3.94. The minimum atomic E-state index is -3.45. The van der Waals surface area contributed by atoms with Gasteiger partial charge in [0.2, 0.25) is 15.9 Å². The second kappa shape index (κ2) is 9.58. The van der Waals surface area contributed by atoms with Crippen LogP contribution in [0.4, 0.5) is 5.69 Å². The Morgan fingerprint density at radius 3 is 2.42 bits per heavy atom. The molecule has 6 nitrogen and oxygen atoms in total. The van der Waals surface area contributed by atoms with Crippen LogP contribution in [0.3, 0.4) is 0 Å². The molecule has 0 atom stereocenters. The third kappa shape index (κ3) is 5.11. The van der Waals surface area contributed by atoms with Gasteiger partial charge < -0.3 is 5.32 Å². The average Bonchev–Trinajstić information content (AvgIpc) is 3.09. The van der Waals surface area contributed by atoms with Crippen LogP contribution in [-0.2, 0) is 21.2 Å². The lowest BCUT2D eigenvalue weighted by Gasteiger charge is -2.20. The quantitative estimate of drug-likeness (QED) is 0.621. The molecular formula is C24H27N3O3S. The molecule has 1 fully saturated rings. The highest BCUT2D eigenvalue weighted by Gasteiger charge is 2.24. The molecule has 0 aliphatic carbocycles. The van der Waals surface area contributed by atoms with Gasteiger partial charge in [-0.15, -0.1) is 0 Å². The SMILES string of the molecule is O=C(CCc1ccc(S(=O)(=O)N2CCCCCC2)cc1)Nc1cccc2ncccc12. The Balaban J connectivity index is 1.37. The Bertz CT molecular complexity index is 1150. The lowest BCUT2D eigenvalue weighted by atomic mass is 10.1. The van der Waals surface area contributed by atoms with Crippen molar-refractivity contribution in [3.05, 3.63) is 66.4 Å². The van der Waals surface area contributed by atoms with Crippen LogP contribution in [0.1, 0.15) is 37.7 Å². The molecule has 0 unspecified atom stereocenters. The van der Waals surface area contributed by atoms with Crippen LogP contribution in [0.5, 0.6) is 0 Å². The number of carbonyl (C=O) groups excluding carboxylic acids is 1. The molecule has 0 saturated carbocycles. The number of aryl methyl sites for hydroxylation is 1. The van der Waals surface area contributed by atoms with Gasteiger partial charge in [-0.05, 0) is 61.2 Å². The summed E-state index contributed by atoms with van der Waals surface area (Å²) in [5, 5.41) is 3.86. The Morgan fingerprint density at radius 1 is 0.935 bits per heavy atom. The number of aromatic nitrogens is 1. The number of anilines is 1. The number of rotatable bonds is 6. The third-order valence-electron chi connectivity index (χ3n) is 5.69. The van der Waals surface area contributed by atoms with Crippen LogP contribution < -0.4 is 5.32 Å². The zero-order chi connectivity index (χ0) is 21.7. The number of nitrogens with zero attached hydrogens (tertiary/aromatic N) is 2. The van der Waals surface area contributed by atoms with E-state index in [0.717, 1.165) is 47.8 Å². The van der Waals surface area contributed by atoms with Crippen molar-refractivity contribution in [1.29, 1.82) is 0 Å². The van der Waals surface area contributed by atoms with E-state index in [1.807, 2.05) is 30.3 Å². The number of carbonyl (C=O) groups is 1. The Kier molecular flexibility index (Phi) is 6.63. The van der Waals surface area contributed by atoms with Gasteiger partial charge in [0, 0.05) is 31.1 Å². The first-order chi connectivity index (χ1) is 15.0. The topological polar surface area (TPSA) is 79.4 Å². The van der Waals surface area contributed by atoms with E-state index in [1.54, 1.807) is 34.8 Å². The number of amides is 1. The van der Waals surface area contributed by atoms with E-state index in [2.05, 4.69) is 10.3 Å². The smallest absolute Gasteiger partial charge is 0.243 e. The van der Waals surface area contributed by atoms with Crippen molar-refractivity contribution >= 4 is 32.5 Å². The van der Waals surface area contributed by atoms with Crippen LogP contribution in [0.15, 0.2) is 65.7 Å². The molecule has 2 aromatic carbocycles. The number of hydrogen-bond acceptors (Lipinski definition) is 4. The molecule has 7 heteroatoms. The number of nitrogens with one attached hydrogen (secondary N) is 1. The van der Waals surface area contributed by atoms with E-state index in [4.69, 9.17) is 0 Å². The van der Waals surface area contributed by atoms with Crippen LogP contribution in [0, 0.1) is 0 Å². The monoisotopic (exact) mass is 437 g/mol. The highest BCUT2D eigenvalue weighted by Crippen LogP contribution is 2.23. The summed E-state index contributed by atoms with van der Waals surface area (Å²) >= 11 is 0. The zero-order valence-electron chi connectivity index (χ0n) is 17.5. The minimum absolute atomic E-state index is 0.0855. The molecular weight excluding hydrogens is 410 g/mol. The fraction of sp³-hybridized carbons (Fsp3) is 0.333. The van der Waals surface area contributed by atoms with Gasteiger partial charge in [-0.3, -0.25) is 9.78 Å². The average molecular weight is 438 g/mol. The highest BCUT2D eigenvalue weighted by molar-refractivity contribution is 7.89. The molecule has 1 amide bonds. The maximum absolute atomic E-state index is 12.9. The summed E-state index contributed by atoms with van der Waals surface area (Å²) in [5.41, 5.74) is 2.51. The van der Waals surface area contributed by atoms with E-state index in [1.165, 1.54) is 0 Å². The van der Waals surface area contributed by atoms with Crippen LogP contribution >= 0.6 is 0 Å². The number of pyridine rings is 1. The Morgan fingerprint density at radius 2 is 1.68 bits per heavy atom. The zero-order valence-corrected chi connectivity index (χ0v) is 18.3. The summed E-state index contributed by atoms with van der Waals surface area (Å²) < 4.78 is 27.4. The van der Waals surface area contributed by atoms with Gasteiger partial charge in [0.25, 0.3) is 0 Å². The van der Waals surface area contributed by atoms with Crippen molar-refractivity contribution in [2.45, 2.75) is 43.4 Å². The number of fused-ring (bicyclic) bond motifs is 1. The van der Waals surface area contributed by atoms with E-state index in [-0.39, 0.29) is 5.91 Å². The van der Waals surface area contributed by atoms with Gasteiger partial charge in [0.15, 0.2) is 0 Å². The van der Waals surface area contributed by atoms with Gasteiger partial charge in [0.05, 0.1) is 16.1 Å². The lowest BCUT2D eigenvalue weighted by molar-refractivity contribution is -0.116. The van der Waals surface area contributed by atoms with Gasteiger partial charge in [-0.2, -0.15) is 4.31 Å². The van der Waals surface area contributed by atoms with E-state index in [9.17, 15) is 13.2 Å². The summed E-state index contributed by atoms with van der Waals surface area (Å²) in [7, 11) is -3.45. The largest absolute Gasteiger partial charge is 0.325 e. The molecule has 3 aromatic rings. The van der Waals surface area contributed by atoms with E-state index < -0.39 is 10.0 Å². The lowest BCUT2D eigenvalue weighted by Crippen LogP contribution is -2.31. The Hall–Kier alpha value is -2.77. The molecule has 4 rings (SSSR count). The van der Waals surface area contributed by atoms with Crippen molar-refractivity contribution in [1.82, 2.24) is 9.29 Å². The van der Waals surface area contributed by atoms with Crippen LogP contribution in [0.2, 0.25) is 0 Å². The first-order valence-electron chi connectivity index (χ1n) is 10.8. The first-order valence-corrected chi connectivity index (χ1v) is 12.2. The molecule has 162 valence electrons. The van der Waals surface area contributed by atoms with Crippen molar-refractivity contribution in [3.8, 4) is 0 Å². The first kappa shape index (κ1) is 21.5. The van der Waals surface area contributed by atoms with E-state index in [0.29, 0.717) is 30.8 Å². The van der Waals surface area contributed by atoms with Crippen molar-refractivity contribution in [2.75, 3.05) is 18.4 Å². The van der Waals surface area contributed by atoms with Gasteiger partial charge in [0.1, 0.15) is 0 Å². The minimum Gasteiger partial charge on any atom is -0.325 e. The number of benzene rings is 2. The summed E-state index contributed by atoms with van der Waals surface area (Å²) in [4.78, 5) is 17.1. The summed E-state index contributed by atoms with van der Waals surface area (Å²) in [5.74, 6) is -0.0855. The summed E-state index contributed by atoms with van der Waals surface area (Å²) in [6.45, 7) is 1.18. The number of sulfonamides is 1. The highest BCUT2D eigenvalue weighted by atomic mass is 32.2. The molecule has 1 saturated heterocycles.